The van der Waals surface area contributed by atoms with E-state index in [2.05, 4.69) is 20.3 Å². The molecule has 33 heavy (non-hydrogen) atoms. The quantitative estimate of drug-likeness (QED) is 0.396. The molecule has 0 aliphatic carbocycles. The number of anilines is 3. The number of carbonyl (C=O) groups excluding carboxylic acids is 3. The average Bonchev–Trinajstić information content (AvgIpc) is 2.98. The van der Waals surface area contributed by atoms with E-state index in [0.717, 1.165) is 16.2 Å². The lowest BCUT2D eigenvalue weighted by Gasteiger charge is -2.13. The van der Waals surface area contributed by atoms with Crippen molar-refractivity contribution < 1.29 is 19.1 Å². The van der Waals surface area contributed by atoms with Crippen LogP contribution in [0.1, 0.15) is 32.1 Å². The molecule has 0 saturated heterocycles. The van der Waals surface area contributed by atoms with E-state index < -0.39 is 24.3 Å². The molecule has 3 N–H and O–H groups in total. The summed E-state index contributed by atoms with van der Waals surface area (Å²) in [5, 5.41) is 3.29. The molecule has 3 aromatic rings. The summed E-state index contributed by atoms with van der Waals surface area (Å²) in [4.78, 5) is 50.2. The molecular weight excluding hydrogens is 471 g/mol. The largest absolute Gasteiger partial charge is 0.456 e. The molecule has 0 fully saturated rings. The van der Waals surface area contributed by atoms with E-state index in [4.69, 9.17) is 33.7 Å². The van der Waals surface area contributed by atoms with Crippen LogP contribution in [0.4, 0.5) is 17.6 Å². The van der Waals surface area contributed by atoms with Gasteiger partial charge in [-0.15, -0.1) is 0 Å². The molecule has 2 aromatic carbocycles. The zero-order valence-corrected chi connectivity index (χ0v) is 18.6. The van der Waals surface area contributed by atoms with E-state index in [9.17, 15) is 14.4 Å². The number of hydrogen-bond donors (Lipinski definition) is 2. The molecule has 0 spiro atoms. The zero-order valence-electron chi connectivity index (χ0n) is 17.1. The number of para-hydroxylation sites is 1. The second-order valence-electron chi connectivity index (χ2n) is 7.04. The van der Waals surface area contributed by atoms with Gasteiger partial charge in [0, 0.05) is 5.69 Å². The van der Waals surface area contributed by atoms with Crippen LogP contribution in [0.5, 0.6) is 0 Å². The van der Waals surface area contributed by atoms with Crippen molar-refractivity contribution in [3.63, 3.8) is 0 Å². The van der Waals surface area contributed by atoms with Crippen molar-refractivity contribution in [2.75, 3.05) is 17.6 Å². The standard InChI is InChI=1S/C21H16Cl2N6O4/c1-10-4-2-3-5-15(10)25-21-27-16(26-20(24)28-21)9-33-17(30)8-29-18(31)11-6-13(22)14(23)7-12(11)19(29)32/h2-7H,8-9H2,1H3,(H3,24,25,26,27,28). The van der Waals surface area contributed by atoms with Crippen LogP contribution < -0.4 is 11.1 Å². The van der Waals surface area contributed by atoms with Crippen LogP contribution in [0.25, 0.3) is 0 Å². The highest BCUT2D eigenvalue weighted by atomic mass is 35.5. The highest BCUT2D eigenvalue weighted by molar-refractivity contribution is 6.43. The Hall–Kier alpha value is -3.76. The van der Waals surface area contributed by atoms with E-state index >= 15 is 0 Å². The molecule has 0 unspecified atom stereocenters. The molecule has 1 aromatic heterocycles. The van der Waals surface area contributed by atoms with Crippen molar-refractivity contribution in [3.8, 4) is 0 Å². The maximum absolute atomic E-state index is 12.5. The number of esters is 1. The molecule has 0 atom stereocenters. The first-order chi connectivity index (χ1) is 15.7. The van der Waals surface area contributed by atoms with E-state index in [0.29, 0.717) is 0 Å². The van der Waals surface area contributed by atoms with Gasteiger partial charge >= 0.3 is 5.97 Å². The van der Waals surface area contributed by atoms with Gasteiger partial charge in [0.25, 0.3) is 11.8 Å². The van der Waals surface area contributed by atoms with Gasteiger partial charge in [0.1, 0.15) is 6.54 Å². The Morgan fingerprint density at radius 3 is 2.33 bits per heavy atom. The normalized spacial score (nSPS) is 12.6. The monoisotopic (exact) mass is 486 g/mol. The van der Waals surface area contributed by atoms with Gasteiger partial charge < -0.3 is 15.8 Å². The molecule has 2 amide bonds. The first-order valence-electron chi connectivity index (χ1n) is 9.57. The van der Waals surface area contributed by atoms with Gasteiger partial charge in [-0.25, -0.2) is 0 Å². The molecular formula is C21H16Cl2N6O4. The van der Waals surface area contributed by atoms with Gasteiger partial charge in [-0.1, -0.05) is 41.4 Å². The molecule has 10 nitrogen and oxygen atoms in total. The molecule has 12 heteroatoms. The van der Waals surface area contributed by atoms with Gasteiger partial charge in [-0.05, 0) is 30.7 Å². The van der Waals surface area contributed by atoms with Gasteiger partial charge in [0.2, 0.25) is 11.9 Å². The minimum Gasteiger partial charge on any atom is -0.456 e. The van der Waals surface area contributed by atoms with Gasteiger partial charge in [0.05, 0.1) is 21.2 Å². The van der Waals surface area contributed by atoms with Crippen LogP contribution in [-0.4, -0.2) is 44.2 Å². The summed E-state index contributed by atoms with van der Waals surface area (Å²) in [6.45, 7) is 0.974. The molecule has 0 saturated carbocycles. The number of fused-ring (bicyclic) bond motifs is 1. The summed E-state index contributed by atoms with van der Waals surface area (Å²) in [5.74, 6) is -1.97. The fourth-order valence-corrected chi connectivity index (χ4v) is 3.47. The summed E-state index contributed by atoms with van der Waals surface area (Å²) in [6.07, 6.45) is 0. The molecule has 4 rings (SSSR count). The van der Waals surface area contributed by atoms with Gasteiger partial charge in [-0.3, -0.25) is 19.3 Å². The lowest BCUT2D eigenvalue weighted by Crippen LogP contribution is -2.35. The van der Waals surface area contributed by atoms with Crippen LogP contribution >= 0.6 is 23.2 Å². The van der Waals surface area contributed by atoms with Crippen LogP contribution in [0.15, 0.2) is 36.4 Å². The summed E-state index contributed by atoms with van der Waals surface area (Å²) >= 11 is 11.8. The third-order valence-electron chi connectivity index (χ3n) is 4.75. The van der Waals surface area contributed by atoms with Crippen molar-refractivity contribution in [3.05, 3.63) is 69.0 Å². The second-order valence-corrected chi connectivity index (χ2v) is 7.86. The number of carbonyl (C=O) groups is 3. The number of nitrogens with two attached hydrogens (primary N) is 1. The highest BCUT2D eigenvalue weighted by Crippen LogP contribution is 2.31. The minimum atomic E-state index is -0.839. The third kappa shape index (κ3) is 4.71. The Labute approximate surface area is 197 Å². The fraction of sp³-hybridized carbons (Fsp3) is 0.143. The van der Waals surface area contributed by atoms with Crippen LogP contribution in [0, 0.1) is 6.92 Å². The molecule has 1 aliphatic heterocycles. The topological polar surface area (TPSA) is 140 Å². The number of benzene rings is 2. The van der Waals surface area contributed by atoms with Crippen molar-refractivity contribution in [2.24, 2.45) is 0 Å². The van der Waals surface area contributed by atoms with Crippen molar-refractivity contribution in [2.45, 2.75) is 13.5 Å². The summed E-state index contributed by atoms with van der Waals surface area (Å²) < 4.78 is 5.14. The highest BCUT2D eigenvalue weighted by Gasteiger charge is 2.37. The number of hydrogen-bond acceptors (Lipinski definition) is 9. The summed E-state index contributed by atoms with van der Waals surface area (Å²) in [7, 11) is 0. The van der Waals surface area contributed by atoms with Crippen LogP contribution in [0.3, 0.4) is 0 Å². The van der Waals surface area contributed by atoms with E-state index in [1.54, 1.807) is 0 Å². The van der Waals surface area contributed by atoms with E-state index in [1.165, 1.54) is 12.1 Å². The Balaban J connectivity index is 1.41. The Kier molecular flexibility index (Phi) is 6.12. The minimum absolute atomic E-state index is 0.0683. The van der Waals surface area contributed by atoms with Crippen LogP contribution in [-0.2, 0) is 16.1 Å². The third-order valence-corrected chi connectivity index (χ3v) is 5.47. The summed E-state index contributed by atoms with van der Waals surface area (Å²) in [5.41, 5.74) is 7.62. The molecule has 0 radical (unpaired) electrons. The first kappa shape index (κ1) is 22.4. The number of halogens is 2. The SMILES string of the molecule is Cc1ccccc1Nc1nc(N)nc(COC(=O)CN2C(=O)c3cc(Cl)c(Cl)cc3C2=O)n1. The number of nitrogens with one attached hydrogen (secondary N) is 1. The predicted molar refractivity (Wildman–Crippen MR) is 120 cm³/mol. The number of aryl methyl sites for hydroxylation is 1. The smallest absolute Gasteiger partial charge is 0.326 e. The lowest BCUT2D eigenvalue weighted by atomic mass is 10.1. The average molecular weight is 487 g/mol. The van der Waals surface area contributed by atoms with Crippen molar-refractivity contribution in [1.82, 2.24) is 19.9 Å². The van der Waals surface area contributed by atoms with E-state index in [-0.39, 0.29) is 45.5 Å². The number of ether oxygens (including phenoxy) is 1. The number of aromatic nitrogens is 3. The molecule has 0 bridgehead atoms. The first-order valence-corrected chi connectivity index (χ1v) is 10.3. The predicted octanol–water partition coefficient (Wildman–Crippen LogP) is 3.15. The molecule has 168 valence electrons. The van der Waals surface area contributed by atoms with Gasteiger partial charge in [0.15, 0.2) is 12.4 Å². The number of rotatable bonds is 6. The number of nitrogens with zero attached hydrogens (tertiary/aromatic N) is 4. The fourth-order valence-electron chi connectivity index (χ4n) is 3.14. The lowest BCUT2D eigenvalue weighted by molar-refractivity contribution is -0.145. The number of amides is 2. The Morgan fingerprint density at radius 2 is 1.70 bits per heavy atom. The Bertz CT molecular complexity index is 1260. The van der Waals surface area contributed by atoms with Crippen molar-refractivity contribution >= 4 is 58.6 Å². The van der Waals surface area contributed by atoms with E-state index in [1.807, 2.05) is 31.2 Å². The number of nitrogen functional groups attached to an aromatic ring is 1. The molecule has 1 aliphatic rings. The maximum Gasteiger partial charge on any atom is 0.326 e. The van der Waals surface area contributed by atoms with Crippen molar-refractivity contribution in [1.29, 1.82) is 0 Å². The zero-order chi connectivity index (χ0) is 23.7. The summed E-state index contributed by atoms with van der Waals surface area (Å²) in [6, 6.07) is 10.1. The second kappa shape index (κ2) is 9.00. The van der Waals surface area contributed by atoms with Crippen LogP contribution in [0.2, 0.25) is 10.0 Å². The Morgan fingerprint density at radius 1 is 1.06 bits per heavy atom. The molecule has 2 heterocycles. The maximum atomic E-state index is 12.5. The number of imide groups is 1. The van der Waals surface area contributed by atoms with Gasteiger partial charge in [-0.2, -0.15) is 15.0 Å².